The molecular weight excluding hydrogens is 200 g/mol. The lowest BCUT2D eigenvalue weighted by Crippen LogP contribution is -1.92. The van der Waals surface area contributed by atoms with Crippen LogP contribution in [0.5, 0.6) is 0 Å². The van der Waals surface area contributed by atoms with Gasteiger partial charge in [-0.3, -0.25) is 0 Å². The molecule has 0 N–H and O–H groups in total. The summed E-state index contributed by atoms with van der Waals surface area (Å²) in [7, 11) is 0. The van der Waals surface area contributed by atoms with Gasteiger partial charge in [-0.25, -0.2) is 0 Å². The smallest absolute Gasteiger partial charge is 0.0122 e. The second-order valence-electron chi connectivity index (χ2n) is 3.42. The van der Waals surface area contributed by atoms with E-state index in [0.29, 0.717) is 11.8 Å². The lowest BCUT2D eigenvalue weighted by atomic mass is 10.1. The molecule has 0 aliphatic carbocycles. The van der Waals surface area contributed by atoms with E-state index in [9.17, 15) is 0 Å². The molecule has 11 heavy (non-hydrogen) atoms. The monoisotopic (exact) mass is 216 g/mol. The predicted octanol–water partition coefficient (Wildman–Crippen LogP) is 3.46. The zero-order chi connectivity index (χ0) is 8.69. The number of hydrogen-bond acceptors (Lipinski definition) is 0. The van der Waals surface area contributed by atoms with Gasteiger partial charge in [-0.15, -0.1) is 11.8 Å². The van der Waals surface area contributed by atoms with Gasteiger partial charge in [0, 0.05) is 18.2 Å². The van der Waals surface area contributed by atoms with Crippen molar-refractivity contribution in [3.8, 4) is 11.8 Å². The summed E-state index contributed by atoms with van der Waals surface area (Å²) in [6.07, 6.45) is 2.06. The number of halogens is 1. The molecule has 0 aromatic rings. The molecule has 0 nitrogen and oxygen atoms in total. The maximum atomic E-state index is 3.43. The van der Waals surface area contributed by atoms with Crippen LogP contribution < -0.4 is 0 Å². The van der Waals surface area contributed by atoms with Crippen LogP contribution in [0.25, 0.3) is 0 Å². The van der Waals surface area contributed by atoms with Gasteiger partial charge in [0.1, 0.15) is 0 Å². The topological polar surface area (TPSA) is 0 Å². The maximum Gasteiger partial charge on any atom is 0.0122 e. The molecule has 0 bridgehead atoms. The van der Waals surface area contributed by atoms with Crippen LogP contribution in [0.15, 0.2) is 0 Å². The van der Waals surface area contributed by atoms with E-state index < -0.39 is 0 Å². The van der Waals surface area contributed by atoms with E-state index in [0.717, 1.165) is 18.2 Å². The molecule has 0 radical (unpaired) electrons. The Balaban J connectivity index is 3.40. The SMILES string of the molecule is CC(C)CC#CCC(C)CBr. The summed E-state index contributed by atoms with van der Waals surface area (Å²) in [6.45, 7) is 6.60. The van der Waals surface area contributed by atoms with Crippen LogP contribution in [-0.2, 0) is 0 Å². The van der Waals surface area contributed by atoms with Crippen LogP contribution in [-0.4, -0.2) is 5.33 Å². The first-order valence-corrected chi connectivity index (χ1v) is 5.30. The maximum absolute atomic E-state index is 3.43. The third kappa shape index (κ3) is 7.94. The Morgan fingerprint density at radius 3 is 2.09 bits per heavy atom. The van der Waals surface area contributed by atoms with Gasteiger partial charge < -0.3 is 0 Å². The third-order valence-corrected chi connectivity index (χ3v) is 2.45. The van der Waals surface area contributed by atoms with Crippen molar-refractivity contribution in [2.75, 3.05) is 5.33 Å². The molecule has 0 saturated heterocycles. The van der Waals surface area contributed by atoms with Gasteiger partial charge in [0.05, 0.1) is 0 Å². The average Bonchev–Trinajstić information content (AvgIpc) is 1.97. The van der Waals surface area contributed by atoms with Crippen molar-refractivity contribution < 1.29 is 0 Å². The van der Waals surface area contributed by atoms with Crippen LogP contribution in [0, 0.1) is 23.7 Å². The largest absolute Gasteiger partial charge is 0.103 e. The standard InChI is InChI=1S/C10H17Br/c1-9(2)6-4-5-7-10(3)8-11/h9-10H,6-8H2,1-3H3. The molecule has 0 heterocycles. The zero-order valence-corrected chi connectivity index (χ0v) is 9.24. The van der Waals surface area contributed by atoms with E-state index >= 15 is 0 Å². The molecule has 0 rings (SSSR count). The van der Waals surface area contributed by atoms with Gasteiger partial charge in [0.2, 0.25) is 0 Å². The van der Waals surface area contributed by atoms with Gasteiger partial charge in [0.25, 0.3) is 0 Å². The first-order chi connectivity index (χ1) is 5.16. The Morgan fingerprint density at radius 1 is 1.09 bits per heavy atom. The summed E-state index contributed by atoms with van der Waals surface area (Å²) in [5, 5.41) is 1.06. The van der Waals surface area contributed by atoms with Crippen LogP contribution in [0.3, 0.4) is 0 Å². The quantitative estimate of drug-likeness (QED) is 0.501. The van der Waals surface area contributed by atoms with Gasteiger partial charge >= 0.3 is 0 Å². The van der Waals surface area contributed by atoms with Crippen molar-refractivity contribution in [3.63, 3.8) is 0 Å². The Hall–Kier alpha value is 0.0400. The van der Waals surface area contributed by atoms with Crippen molar-refractivity contribution in [1.82, 2.24) is 0 Å². The first-order valence-electron chi connectivity index (χ1n) is 4.18. The molecule has 0 saturated carbocycles. The fraction of sp³-hybridized carbons (Fsp3) is 0.800. The zero-order valence-electron chi connectivity index (χ0n) is 7.65. The van der Waals surface area contributed by atoms with E-state index in [-0.39, 0.29) is 0 Å². The van der Waals surface area contributed by atoms with E-state index in [1.807, 2.05) is 0 Å². The highest BCUT2D eigenvalue weighted by Gasteiger charge is 1.94. The second-order valence-corrected chi connectivity index (χ2v) is 4.06. The third-order valence-electron chi connectivity index (χ3n) is 1.35. The van der Waals surface area contributed by atoms with Gasteiger partial charge in [0.15, 0.2) is 0 Å². The molecule has 1 heteroatoms. The number of alkyl halides is 1. The minimum Gasteiger partial charge on any atom is -0.103 e. The minimum atomic E-state index is 0.690. The molecular formula is C10H17Br. The molecule has 0 aromatic heterocycles. The predicted molar refractivity (Wildman–Crippen MR) is 54.8 cm³/mol. The molecule has 0 aliphatic rings. The molecule has 1 unspecified atom stereocenters. The van der Waals surface area contributed by atoms with Gasteiger partial charge in [-0.05, 0) is 11.8 Å². The summed E-state index contributed by atoms with van der Waals surface area (Å²) in [4.78, 5) is 0. The summed E-state index contributed by atoms with van der Waals surface area (Å²) in [5.74, 6) is 7.77. The Kier molecular flexibility index (Phi) is 6.76. The molecule has 1 atom stereocenters. The summed E-state index contributed by atoms with van der Waals surface area (Å²) in [6, 6.07) is 0. The van der Waals surface area contributed by atoms with Crippen LogP contribution in [0.1, 0.15) is 33.6 Å². The first kappa shape index (κ1) is 11.0. The lowest BCUT2D eigenvalue weighted by molar-refractivity contribution is 0.669. The normalized spacial score (nSPS) is 12.5. The molecule has 0 amide bonds. The lowest BCUT2D eigenvalue weighted by Gasteiger charge is -1.99. The second kappa shape index (κ2) is 6.73. The molecule has 0 spiro atoms. The fourth-order valence-corrected chi connectivity index (χ4v) is 0.806. The van der Waals surface area contributed by atoms with Crippen LogP contribution in [0.2, 0.25) is 0 Å². The molecule has 0 aliphatic heterocycles. The Bertz CT molecular complexity index is 139. The van der Waals surface area contributed by atoms with E-state index in [2.05, 4.69) is 48.5 Å². The minimum absolute atomic E-state index is 0.690. The van der Waals surface area contributed by atoms with Crippen LogP contribution >= 0.6 is 15.9 Å². The average molecular weight is 217 g/mol. The molecule has 0 aromatic carbocycles. The van der Waals surface area contributed by atoms with Crippen molar-refractivity contribution in [3.05, 3.63) is 0 Å². The van der Waals surface area contributed by atoms with Crippen molar-refractivity contribution in [1.29, 1.82) is 0 Å². The Morgan fingerprint density at radius 2 is 1.64 bits per heavy atom. The summed E-state index contributed by atoms with van der Waals surface area (Å²) < 4.78 is 0. The highest BCUT2D eigenvalue weighted by molar-refractivity contribution is 9.09. The highest BCUT2D eigenvalue weighted by atomic mass is 79.9. The van der Waals surface area contributed by atoms with E-state index in [1.165, 1.54) is 0 Å². The number of rotatable bonds is 3. The summed E-state index contributed by atoms with van der Waals surface area (Å²) in [5.41, 5.74) is 0. The molecule has 0 fully saturated rings. The van der Waals surface area contributed by atoms with Gasteiger partial charge in [-0.2, -0.15) is 0 Å². The highest BCUT2D eigenvalue weighted by Crippen LogP contribution is 2.04. The van der Waals surface area contributed by atoms with Gasteiger partial charge in [-0.1, -0.05) is 36.7 Å². The molecule has 64 valence electrons. The van der Waals surface area contributed by atoms with Crippen molar-refractivity contribution >= 4 is 15.9 Å². The van der Waals surface area contributed by atoms with E-state index in [4.69, 9.17) is 0 Å². The summed E-state index contributed by atoms with van der Waals surface area (Å²) >= 11 is 3.43. The van der Waals surface area contributed by atoms with Crippen molar-refractivity contribution in [2.45, 2.75) is 33.6 Å². The van der Waals surface area contributed by atoms with Crippen molar-refractivity contribution in [2.24, 2.45) is 11.8 Å². The number of hydrogen-bond donors (Lipinski definition) is 0. The van der Waals surface area contributed by atoms with E-state index in [1.54, 1.807) is 0 Å². The van der Waals surface area contributed by atoms with Crippen LogP contribution in [0.4, 0.5) is 0 Å². The Labute approximate surface area is 78.9 Å². The fourth-order valence-electron chi connectivity index (χ4n) is 0.577.